The quantitative estimate of drug-likeness (QED) is 0.569. The molecule has 3 aromatic carbocycles. The van der Waals surface area contributed by atoms with E-state index in [1.165, 1.54) is 7.11 Å². The fourth-order valence-corrected chi connectivity index (χ4v) is 3.47. The summed E-state index contributed by atoms with van der Waals surface area (Å²) in [5, 5.41) is 5.41. The second-order valence-corrected chi connectivity index (χ2v) is 7.40. The number of anilines is 1. The number of esters is 1. The van der Waals surface area contributed by atoms with E-state index in [9.17, 15) is 9.59 Å². The molecule has 0 aliphatic heterocycles. The van der Waals surface area contributed by atoms with Crippen LogP contribution >= 0.6 is 11.6 Å². The van der Waals surface area contributed by atoms with Gasteiger partial charge in [0.25, 0.3) is 5.91 Å². The third-order valence-electron chi connectivity index (χ3n) is 4.78. The lowest BCUT2D eigenvalue weighted by atomic mass is 9.95. The number of methoxy groups -OCH3 is 1. The Morgan fingerprint density at radius 1 is 1.03 bits per heavy atom. The molecule has 0 saturated carbocycles. The molecule has 6 heteroatoms. The number of aryl methyl sites for hydroxylation is 1. The zero-order valence-corrected chi connectivity index (χ0v) is 17.6. The van der Waals surface area contributed by atoms with Crippen LogP contribution in [-0.4, -0.2) is 25.5 Å². The van der Waals surface area contributed by atoms with Crippen molar-refractivity contribution in [2.24, 2.45) is 0 Å². The van der Waals surface area contributed by atoms with E-state index in [4.69, 9.17) is 16.3 Å². The Morgan fingerprint density at radius 3 is 2.50 bits per heavy atom. The number of carbonyl (C=O) groups excluding carboxylic acids is 2. The molecular formula is C24H24ClN2O3+. The van der Waals surface area contributed by atoms with Crippen molar-refractivity contribution in [1.29, 1.82) is 0 Å². The van der Waals surface area contributed by atoms with Crippen molar-refractivity contribution in [3.63, 3.8) is 0 Å². The minimum Gasteiger partial charge on any atom is -0.465 e. The summed E-state index contributed by atoms with van der Waals surface area (Å²) in [6.07, 6.45) is 0. The van der Waals surface area contributed by atoms with E-state index >= 15 is 0 Å². The number of nitrogens with two attached hydrogens (primary N) is 1. The van der Waals surface area contributed by atoms with E-state index in [-0.39, 0.29) is 24.5 Å². The Labute approximate surface area is 181 Å². The molecule has 154 valence electrons. The van der Waals surface area contributed by atoms with Gasteiger partial charge in [0.15, 0.2) is 6.54 Å². The standard InChI is InChI=1S/C24H23ClN2O3/c1-16-11-12-21(27-24(29)18-9-6-10-19(25)14-18)20(13-16)23(26-15-22(28)30-2)17-7-4-3-5-8-17/h3-14,23,26H,15H2,1-2H3,(H,27,29)/p+1/t23-/m1/s1. The zero-order valence-electron chi connectivity index (χ0n) is 16.9. The molecule has 0 aliphatic rings. The van der Waals surface area contributed by atoms with Crippen LogP contribution in [-0.2, 0) is 9.53 Å². The average molecular weight is 424 g/mol. The monoisotopic (exact) mass is 423 g/mol. The van der Waals surface area contributed by atoms with Crippen molar-refractivity contribution in [3.8, 4) is 0 Å². The van der Waals surface area contributed by atoms with Gasteiger partial charge < -0.3 is 15.4 Å². The zero-order chi connectivity index (χ0) is 21.5. The first-order valence-electron chi connectivity index (χ1n) is 9.60. The van der Waals surface area contributed by atoms with Crippen molar-refractivity contribution in [1.82, 2.24) is 0 Å². The lowest BCUT2D eigenvalue weighted by molar-refractivity contribution is -0.677. The van der Waals surface area contributed by atoms with E-state index in [1.807, 2.05) is 60.8 Å². The fourth-order valence-electron chi connectivity index (χ4n) is 3.28. The predicted molar refractivity (Wildman–Crippen MR) is 118 cm³/mol. The maximum Gasteiger partial charge on any atom is 0.361 e. The number of ether oxygens (including phenoxy) is 1. The van der Waals surface area contributed by atoms with Crippen LogP contribution in [0.1, 0.15) is 33.1 Å². The van der Waals surface area contributed by atoms with E-state index in [2.05, 4.69) is 5.32 Å². The summed E-state index contributed by atoms with van der Waals surface area (Å²) in [5.74, 6) is -0.560. The highest BCUT2D eigenvalue weighted by Gasteiger charge is 2.23. The van der Waals surface area contributed by atoms with Gasteiger partial charge in [0.05, 0.1) is 12.8 Å². The van der Waals surface area contributed by atoms with Crippen LogP contribution in [0.4, 0.5) is 5.69 Å². The number of quaternary nitrogens is 1. The summed E-state index contributed by atoms with van der Waals surface area (Å²) in [6.45, 7) is 2.15. The van der Waals surface area contributed by atoms with Crippen LogP contribution in [0.3, 0.4) is 0 Å². The Hall–Kier alpha value is -3.15. The Morgan fingerprint density at radius 2 is 1.80 bits per heavy atom. The largest absolute Gasteiger partial charge is 0.465 e. The number of hydrogen-bond acceptors (Lipinski definition) is 3. The van der Waals surface area contributed by atoms with E-state index in [1.54, 1.807) is 24.3 Å². The molecule has 30 heavy (non-hydrogen) atoms. The number of rotatable bonds is 7. The third kappa shape index (κ3) is 5.47. The molecule has 3 aromatic rings. The van der Waals surface area contributed by atoms with Crippen LogP contribution in [0, 0.1) is 6.92 Å². The van der Waals surface area contributed by atoms with Gasteiger partial charge in [0.1, 0.15) is 6.04 Å². The molecule has 1 atom stereocenters. The predicted octanol–water partition coefficient (Wildman–Crippen LogP) is 3.73. The molecule has 0 bridgehead atoms. The number of carbonyl (C=O) groups is 2. The molecule has 1 amide bonds. The molecule has 0 unspecified atom stereocenters. The highest BCUT2D eigenvalue weighted by molar-refractivity contribution is 6.31. The summed E-state index contributed by atoms with van der Waals surface area (Å²) in [5.41, 5.74) is 4.13. The number of nitrogens with one attached hydrogen (secondary N) is 1. The lowest BCUT2D eigenvalue weighted by Crippen LogP contribution is -2.87. The second kappa shape index (κ2) is 10.1. The Balaban J connectivity index is 1.97. The van der Waals surface area contributed by atoms with Gasteiger partial charge in [0, 0.05) is 21.7 Å². The van der Waals surface area contributed by atoms with Crippen LogP contribution in [0.5, 0.6) is 0 Å². The molecule has 3 rings (SSSR count). The van der Waals surface area contributed by atoms with Crippen LogP contribution < -0.4 is 10.6 Å². The van der Waals surface area contributed by atoms with Gasteiger partial charge >= 0.3 is 5.97 Å². The minimum absolute atomic E-state index is 0.158. The summed E-state index contributed by atoms with van der Waals surface area (Å²) in [6, 6.07) is 22.3. The Kier molecular flexibility index (Phi) is 7.22. The molecule has 3 N–H and O–H groups in total. The average Bonchev–Trinajstić information content (AvgIpc) is 2.76. The summed E-state index contributed by atoms with van der Waals surface area (Å²) in [4.78, 5) is 24.6. The van der Waals surface area contributed by atoms with Crippen LogP contribution in [0.2, 0.25) is 5.02 Å². The fraction of sp³-hybridized carbons (Fsp3) is 0.167. The van der Waals surface area contributed by atoms with Crippen molar-refractivity contribution in [2.75, 3.05) is 19.0 Å². The lowest BCUT2D eigenvalue weighted by Gasteiger charge is -2.20. The summed E-state index contributed by atoms with van der Waals surface area (Å²) < 4.78 is 4.81. The Bertz CT molecular complexity index is 1040. The van der Waals surface area contributed by atoms with Crippen molar-refractivity contribution in [3.05, 3.63) is 100 Å². The molecular weight excluding hydrogens is 400 g/mol. The van der Waals surface area contributed by atoms with Gasteiger partial charge in [-0.25, -0.2) is 4.79 Å². The molecule has 0 aromatic heterocycles. The molecule has 0 spiro atoms. The van der Waals surface area contributed by atoms with E-state index < -0.39 is 0 Å². The summed E-state index contributed by atoms with van der Waals surface area (Å²) in [7, 11) is 1.37. The molecule has 0 fully saturated rings. The van der Waals surface area contributed by atoms with Gasteiger partial charge in [-0.2, -0.15) is 0 Å². The maximum atomic E-state index is 12.8. The molecule has 0 saturated heterocycles. The second-order valence-electron chi connectivity index (χ2n) is 6.96. The number of halogens is 1. The topological polar surface area (TPSA) is 72.0 Å². The molecule has 0 aliphatic carbocycles. The number of amides is 1. The SMILES string of the molecule is COC(=O)C[NH2+][C@H](c1ccccc1)c1cc(C)ccc1NC(=O)c1cccc(Cl)c1. The van der Waals surface area contributed by atoms with E-state index in [0.29, 0.717) is 16.3 Å². The molecule has 0 radical (unpaired) electrons. The maximum absolute atomic E-state index is 12.8. The smallest absolute Gasteiger partial charge is 0.361 e. The summed E-state index contributed by atoms with van der Waals surface area (Å²) >= 11 is 6.03. The third-order valence-corrected chi connectivity index (χ3v) is 5.02. The van der Waals surface area contributed by atoms with Gasteiger partial charge in [-0.1, -0.05) is 59.6 Å². The van der Waals surface area contributed by atoms with Gasteiger partial charge in [-0.3, -0.25) is 4.79 Å². The molecule has 0 heterocycles. The molecule has 5 nitrogen and oxygen atoms in total. The highest BCUT2D eigenvalue weighted by Crippen LogP contribution is 2.27. The van der Waals surface area contributed by atoms with Crippen molar-refractivity contribution < 1.29 is 19.6 Å². The van der Waals surface area contributed by atoms with Gasteiger partial charge in [-0.05, 0) is 37.3 Å². The van der Waals surface area contributed by atoms with Gasteiger partial charge in [0.2, 0.25) is 0 Å². The van der Waals surface area contributed by atoms with Crippen molar-refractivity contribution >= 4 is 29.2 Å². The minimum atomic E-state index is -0.312. The number of benzene rings is 3. The van der Waals surface area contributed by atoms with Crippen LogP contribution in [0.15, 0.2) is 72.8 Å². The first-order valence-corrected chi connectivity index (χ1v) is 9.98. The number of hydrogen-bond donors (Lipinski definition) is 2. The first-order chi connectivity index (χ1) is 14.5. The van der Waals surface area contributed by atoms with Crippen molar-refractivity contribution in [2.45, 2.75) is 13.0 Å². The highest BCUT2D eigenvalue weighted by atomic mass is 35.5. The van der Waals surface area contributed by atoms with Crippen LogP contribution in [0.25, 0.3) is 0 Å². The first kappa shape index (κ1) is 21.6. The van der Waals surface area contributed by atoms with E-state index in [0.717, 1.165) is 16.7 Å². The van der Waals surface area contributed by atoms with Gasteiger partial charge in [-0.15, -0.1) is 0 Å². The normalized spacial score (nSPS) is 11.6.